The summed E-state index contributed by atoms with van der Waals surface area (Å²) in [5, 5.41) is 2.46. The molecular formula is C34H46O6Si2. The molecule has 42 heavy (non-hydrogen) atoms. The molecule has 1 saturated carbocycles. The Morgan fingerprint density at radius 1 is 0.810 bits per heavy atom. The molecule has 3 rings (SSSR count). The van der Waals surface area contributed by atoms with Gasteiger partial charge in [0.2, 0.25) is 0 Å². The van der Waals surface area contributed by atoms with Crippen molar-refractivity contribution in [2.24, 2.45) is 5.92 Å². The summed E-state index contributed by atoms with van der Waals surface area (Å²) in [7, 11) is -3.56. The molecule has 6 nitrogen and oxygen atoms in total. The van der Waals surface area contributed by atoms with Gasteiger partial charge in [0.1, 0.15) is 27.9 Å². The Kier molecular flexibility index (Phi) is 11.7. The first-order valence-electron chi connectivity index (χ1n) is 15.0. The van der Waals surface area contributed by atoms with Crippen molar-refractivity contribution in [3.63, 3.8) is 0 Å². The molecule has 1 aliphatic rings. The van der Waals surface area contributed by atoms with E-state index in [-0.39, 0.29) is 5.92 Å². The van der Waals surface area contributed by atoms with Gasteiger partial charge in [0.25, 0.3) is 0 Å². The lowest BCUT2D eigenvalue weighted by molar-refractivity contribution is -0.380. The molecule has 0 N–H and O–H groups in total. The Labute approximate surface area is 254 Å². The lowest BCUT2D eigenvalue weighted by atomic mass is 9.78. The van der Waals surface area contributed by atoms with E-state index < -0.39 is 39.8 Å². The zero-order valence-corrected chi connectivity index (χ0v) is 27.7. The van der Waals surface area contributed by atoms with Crippen LogP contribution in [0.1, 0.15) is 67.7 Å². The van der Waals surface area contributed by atoms with E-state index in [4.69, 9.17) is 19.6 Å². The summed E-state index contributed by atoms with van der Waals surface area (Å²) in [5.74, 6) is -1.21. The average Bonchev–Trinajstić information content (AvgIpc) is 3.03. The van der Waals surface area contributed by atoms with Gasteiger partial charge in [-0.2, -0.15) is 9.78 Å². The molecule has 0 heterocycles. The van der Waals surface area contributed by atoms with Gasteiger partial charge in [0.15, 0.2) is 0 Å². The SMILES string of the molecule is [CH2]C1CCC([CH2])(OOC(=O)c2ccc([Si](C=C)(CC)CC)cc2)C(OOC(=O)c2ccc([Si](C=C)(CC)CC)cc2)C1. The molecule has 2 aromatic carbocycles. The van der Waals surface area contributed by atoms with E-state index in [1.54, 1.807) is 24.3 Å². The fourth-order valence-corrected chi connectivity index (χ4v) is 11.7. The second kappa shape index (κ2) is 14.6. The molecule has 0 bridgehead atoms. The van der Waals surface area contributed by atoms with Gasteiger partial charge in [0, 0.05) is 0 Å². The highest BCUT2D eigenvalue weighted by Crippen LogP contribution is 2.37. The number of benzene rings is 2. The molecule has 3 atom stereocenters. The molecule has 0 aromatic heterocycles. The van der Waals surface area contributed by atoms with Gasteiger partial charge >= 0.3 is 11.9 Å². The van der Waals surface area contributed by atoms with Crippen LogP contribution in [0.15, 0.2) is 73.1 Å². The summed E-state index contributed by atoms with van der Waals surface area (Å²) in [6.45, 7) is 25.1. The summed E-state index contributed by atoms with van der Waals surface area (Å²) >= 11 is 0. The minimum Gasteiger partial charge on any atom is -0.292 e. The molecule has 1 aliphatic carbocycles. The van der Waals surface area contributed by atoms with E-state index in [2.05, 4.69) is 66.1 Å². The zero-order valence-electron chi connectivity index (χ0n) is 25.7. The standard InChI is InChI=1S/C34H46O6Si2/c1-9-41(10-2,11-3)29-19-15-27(16-20-29)32(35)38-37-31-25-26(7)23-24-34(31,8)40-39-33(36)28-17-21-30(22-18-28)42(12-4,13-5)14-6/h9,12,15-22,26,31H,1,4,7-8,10-11,13-14,23-25H2,2-3,5-6H3. The predicted molar refractivity (Wildman–Crippen MR) is 174 cm³/mol. The van der Waals surface area contributed by atoms with Gasteiger partial charge < -0.3 is 0 Å². The second-order valence-corrected chi connectivity index (χ2v) is 20.8. The van der Waals surface area contributed by atoms with Crippen molar-refractivity contribution in [2.75, 3.05) is 0 Å². The Hall–Kier alpha value is -2.79. The van der Waals surface area contributed by atoms with Crippen molar-refractivity contribution in [3.8, 4) is 0 Å². The molecule has 2 aromatic rings. The minimum atomic E-state index is -1.78. The fraction of sp³-hybridized carbons (Fsp3) is 0.412. The van der Waals surface area contributed by atoms with Crippen LogP contribution in [-0.2, 0) is 19.6 Å². The van der Waals surface area contributed by atoms with E-state index in [1.807, 2.05) is 24.3 Å². The molecule has 0 amide bonds. The van der Waals surface area contributed by atoms with Crippen LogP contribution in [0.3, 0.4) is 0 Å². The summed E-state index contributed by atoms with van der Waals surface area (Å²) in [6, 6.07) is 19.1. The van der Waals surface area contributed by atoms with E-state index in [0.717, 1.165) is 24.2 Å². The van der Waals surface area contributed by atoms with Crippen LogP contribution >= 0.6 is 0 Å². The first kappa shape index (κ1) is 33.7. The first-order valence-corrected chi connectivity index (χ1v) is 20.0. The van der Waals surface area contributed by atoms with Crippen molar-refractivity contribution in [1.29, 1.82) is 0 Å². The lowest BCUT2D eigenvalue weighted by Gasteiger charge is -2.39. The molecule has 226 valence electrons. The van der Waals surface area contributed by atoms with Crippen LogP contribution in [0.2, 0.25) is 24.2 Å². The summed E-state index contributed by atoms with van der Waals surface area (Å²) in [4.78, 5) is 47.4. The number of hydrogen-bond acceptors (Lipinski definition) is 6. The number of carbonyl (C=O) groups excluding carboxylic acids is 2. The van der Waals surface area contributed by atoms with Crippen LogP contribution in [0.4, 0.5) is 0 Å². The Morgan fingerprint density at radius 3 is 1.64 bits per heavy atom. The Bertz CT molecular complexity index is 1220. The topological polar surface area (TPSA) is 71.1 Å². The van der Waals surface area contributed by atoms with Crippen molar-refractivity contribution < 1.29 is 29.1 Å². The third-order valence-corrected chi connectivity index (χ3v) is 18.9. The van der Waals surface area contributed by atoms with E-state index in [0.29, 0.717) is 30.4 Å². The quantitative estimate of drug-likeness (QED) is 0.131. The van der Waals surface area contributed by atoms with Crippen LogP contribution in [0, 0.1) is 19.8 Å². The maximum absolute atomic E-state index is 12.9. The zero-order chi connectivity index (χ0) is 31.0. The van der Waals surface area contributed by atoms with E-state index in [1.165, 1.54) is 10.4 Å². The molecular weight excluding hydrogens is 561 g/mol. The van der Waals surface area contributed by atoms with Gasteiger partial charge in [-0.1, -0.05) is 105 Å². The molecule has 1 fully saturated rings. The number of carbonyl (C=O) groups is 2. The van der Waals surface area contributed by atoms with Gasteiger partial charge in [-0.05, 0) is 56.4 Å². The molecule has 0 saturated heterocycles. The minimum absolute atomic E-state index is 0.0428. The second-order valence-electron chi connectivity index (χ2n) is 11.4. The highest BCUT2D eigenvalue weighted by molar-refractivity contribution is 6.96. The van der Waals surface area contributed by atoms with Crippen molar-refractivity contribution in [1.82, 2.24) is 0 Å². The summed E-state index contributed by atoms with van der Waals surface area (Å²) in [5.41, 5.74) is 3.69. The molecule has 2 radical (unpaired) electrons. The van der Waals surface area contributed by atoms with Crippen LogP contribution in [0.5, 0.6) is 0 Å². The third kappa shape index (κ3) is 7.22. The number of hydrogen-bond donors (Lipinski definition) is 0. The summed E-state index contributed by atoms with van der Waals surface area (Å²) < 4.78 is 0. The van der Waals surface area contributed by atoms with E-state index >= 15 is 0 Å². The monoisotopic (exact) mass is 606 g/mol. The van der Waals surface area contributed by atoms with Crippen LogP contribution < -0.4 is 10.4 Å². The Morgan fingerprint density at radius 2 is 1.24 bits per heavy atom. The molecule has 8 heteroatoms. The highest BCUT2D eigenvalue weighted by atomic mass is 28.3. The van der Waals surface area contributed by atoms with Crippen molar-refractivity contribution in [3.05, 3.63) is 98.1 Å². The molecule has 0 spiro atoms. The normalized spacial score (nSPS) is 20.9. The van der Waals surface area contributed by atoms with E-state index in [9.17, 15) is 9.59 Å². The Balaban J connectivity index is 1.65. The van der Waals surface area contributed by atoms with Gasteiger partial charge in [-0.15, -0.1) is 13.2 Å². The first-order chi connectivity index (χ1) is 20.1. The fourth-order valence-electron chi connectivity index (χ4n) is 5.79. The molecule has 0 aliphatic heterocycles. The smallest absolute Gasteiger partial charge is 0.292 e. The predicted octanol–water partition coefficient (Wildman–Crippen LogP) is 6.98. The van der Waals surface area contributed by atoms with Crippen LogP contribution in [0.25, 0.3) is 0 Å². The van der Waals surface area contributed by atoms with Gasteiger partial charge in [-0.3, -0.25) is 9.78 Å². The van der Waals surface area contributed by atoms with Gasteiger partial charge in [-0.25, -0.2) is 9.59 Å². The highest BCUT2D eigenvalue weighted by Gasteiger charge is 2.45. The average molecular weight is 607 g/mol. The largest absolute Gasteiger partial charge is 0.373 e. The molecule has 3 unspecified atom stereocenters. The summed E-state index contributed by atoms with van der Waals surface area (Å²) in [6.07, 6.45) is 0.746. The van der Waals surface area contributed by atoms with Gasteiger partial charge in [0.05, 0.1) is 11.1 Å². The lowest BCUT2D eigenvalue weighted by Crippen LogP contribution is -2.49. The van der Waals surface area contributed by atoms with Crippen molar-refractivity contribution >= 4 is 38.5 Å². The van der Waals surface area contributed by atoms with Crippen LogP contribution in [-0.4, -0.2) is 39.8 Å². The van der Waals surface area contributed by atoms with Crippen molar-refractivity contribution in [2.45, 2.75) is 82.8 Å². The third-order valence-electron chi connectivity index (χ3n) is 9.33. The maximum atomic E-state index is 12.9. The number of rotatable bonds is 14. The maximum Gasteiger partial charge on any atom is 0.373 e.